The number of amides is 1. The number of fused-ring (bicyclic) bond motifs is 1. The lowest BCUT2D eigenvalue weighted by atomic mass is 10.1. The standard InChI is InChI=1S/C25H25FN4O/c26-22-6-3-19(4-7-22)18-28-10-12-30(13-11-28)25(31)8-5-21-16-23-20(2-1-9-27-23)17-24(21)29-14-15-29/h1-9,16-17H,10-15,18H2/b8-5+. The quantitative estimate of drug-likeness (QED) is 0.471. The summed E-state index contributed by atoms with van der Waals surface area (Å²) in [6.45, 7) is 5.91. The molecule has 2 aromatic carbocycles. The van der Waals surface area contributed by atoms with Gasteiger partial charge < -0.3 is 9.80 Å². The summed E-state index contributed by atoms with van der Waals surface area (Å²) in [5, 5.41) is 1.12. The number of aromatic nitrogens is 1. The van der Waals surface area contributed by atoms with E-state index in [1.807, 2.05) is 29.2 Å². The largest absolute Gasteiger partial charge is 0.367 e. The van der Waals surface area contributed by atoms with Crippen LogP contribution in [-0.2, 0) is 11.3 Å². The van der Waals surface area contributed by atoms with Gasteiger partial charge in [-0.2, -0.15) is 0 Å². The Morgan fingerprint density at radius 2 is 1.77 bits per heavy atom. The molecule has 0 N–H and O–H groups in total. The highest BCUT2D eigenvalue weighted by Gasteiger charge is 2.22. The normalized spacial score (nSPS) is 16.9. The fourth-order valence-electron chi connectivity index (χ4n) is 4.06. The molecule has 5 nitrogen and oxygen atoms in total. The Labute approximate surface area is 181 Å². The number of halogens is 1. The molecular formula is C25H25FN4O. The summed E-state index contributed by atoms with van der Waals surface area (Å²) >= 11 is 0. The zero-order chi connectivity index (χ0) is 21.2. The Hall–Kier alpha value is -3.25. The monoisotopic (exact) mass is 416 g/mol. The molecule has 0 aliphatic carbocycles. The van der Waals surface area contributed by atoms with E-state index in [2.05, 4.69) is 33.0 Å². The molecule has 0 spiro atoms. The third-order valence-electron chi connectivity index (χ3n) is 5.95. The number of pyridine rings is 1. The molecule has 0 atom stereocenters. The van der Waals surface area contributed by atoms with Crippen LogP contribution in [0.15, 0.2) is 60.8 Å². The lowest BCUT2D eigenvalue weighted by molar-refractivity contribution is -0.127. The summed E-state index contributed by atoms with van der Waals surface area (Å²) in [6.07, 6.45) is 5.41. The van der Waals surface area contributed by atoms with E-state index >= 15 is 0 Å². The van der Waals surface area contributed by atoms with Gasteiger partial charge in [-0.15, -0.1) is 0 Å². The maximum absolute atomic E-state index is 13.1. The van der Waals surface area contributed by atoms with Crippen LogP contribution in [0.5, 0.6) is 0 Å². The molecule has 0 bridgehead atoms. The fourth-order valence-corrected chi connectivity index (χ4v) is 4.06. The topological polar surface area (TPSA) is 39.5 Å². The summed E-state index contributed by atoms with van der Waals surface area (Å²) in [6, 6.07) is 14.9. The van der Waals surface area contributed by atoms with Gasteiger partial charge in [-0.25, -0.2) is 4.39 Å². The van der Waals surface area contributed by atoms with E-state index in [4.69, 9.17) is 0 Å². The first-order valence-corrected chi connectivity index (χ1v) is 10.7. The van der Waals surface area contributed by atoms with Gasteiger partial charge in [0.05, 0.1) is 5.52 Å². The second kappa shape index (κ2) is 8.47. The molecule has 6 heteroatoms. The van der Waals surface area contributed by atoms with Crippen molar-refractivity contribution in [3.63, 3.8) is 0 Å². The first-order valence-electron chi connectivity index (χ1n) is 10.7. The minimum absolute atomic E-state index is 0.0410. The van der Waals surface area contributed by atoms with Crippen molar-refractivity contribution in [2.45, 2.75) is 6.54 Å². The molecule has 31 heavy (non-hydrogen) atoms. The van der Waals surface area contributed by atoms with E-state index < -0.39 is 0 Å². The second-order valence-corrected chi connectivity index (χ2v) is 8.16. The van der Waals surface area contributed by atoms with Crippen LogP contribution < -0.4 is 4.90 Å². The summed E-state index contributed by atoms with van der Waals surface area (Å²) < 4.78 is 13.1. The molecule has 5 rings (SSSR count). The molecule has 3 aromatic rings. The minimum Gasteiger partial charge on any atom is -0.367 e. The van der Waals surface area contributed by atoms with Crippen molar-refractivity contribution >= 4 is 28.6 Å². The van der Waals surface area contributed by atoms with Gasteiger partial charge in [-0.3, -0.25) is 14.7 Å². The van der Waals surface area contributed by atoms with Crippen molar-refractivity contribution in [2.75, 3.05) is 44.2 Å². The van der Waals surface area contributed by atoms with E-state index in [1.165, 1.54) is 12.1 Å². The number of benzene rings is 2. The van der Waals surface area contributed by atoms with Crippen LogP contribution in [-0.4, -0.2) is 60.0 Å². The number of hydrogen-bond donors (Lipinski definition) is 0. The van der Waals surface area contributed by atoms with Crippen LogP contribution in [0.4, 0.5) is 10.1 Å². The second-order valence-electron chi connectivity index (χ2n) is 8.16. The van der Waals surface area contributed by atoms with Gasteiger partial charge in [0.15, 0.2) is 0 Å². The van der Waals surface area contributed by atoms with Crippen molar-refractivity contribution < 1.29 is 9.18 Å². The first kappa shape index (κ1) is 19.7. The third-order valence-corrected chi connectivity index (χ3v) is 5.95. The zero-order valence-electron chi connectivity index (χ0n) is 17.4. The van der Waals surface area contributed by atoms with Crippen LogP contribution in [0.2, 0.25) is 0 Å². The Morgan fingerprint density at radius 1 is 1.00 bits per heavy atom. The zero-order valence-corrected chi connectivity index (χ0v) is 17.4. The highest BCUT2D eigenvalue weighted by atomic mass is 19.1. The number of anilines is 1. The molecule has 0 radical (unpaired) electrons. The predicted octanol–water partition coefficient (Wildman–Crippen LogP) is 3.55. The summed E-state index contributed by atoms with van der Waals surface area (Å²) in [5.41, 5.74) is 4.23. The van der Waals surface area contributed by atoms with Crippen LogP contribution in [0.3, 0.4) is 0 Å². The molecule has 1 aromatic heterocycles. The lowest BCUT2D eigenvalue weighted by Gasteiger charge is -2.34. The van der Waals surface area contributed by atoms with E-state index in [1.54, 1.807) is 12.3 Å². The van der Waals surface area contributed by atoms with Crippen molar-refractivity contribution in [3.8, 4) is 0 Å². The lowest BCUT2D eigenvalue weighted by Crippen LogP contribution is -2.47. The molecule has 2 aliphatic rings. The van der Waals surface area contributed by atoms with Gasteiger partial charge in [-0.1, -0.05) is 18.2 Å². The highest BCUT2D eigenvalue weighted by Crippen LogP contribution is 2.31. The maximum Gasteiger partial charge on any atom is 0.246 e. The number of carbonyl (C=O) groups is 1. The Balaban J connectivity index is 1.23. The fraction of sp³-hybridized carbons (Fsp3) is 0.280. The predicted molar refractivity (Wildman–Crippen MR) is 121 cm³/mol. The first-order chi connectivity index (χ1) is 15.2. The third kappa shape index (κ3) is 4.59. The molecule has 0 unspecified atom stereocenters. The van der Waals surface area contributed by atoms with Crippen molar-refractivity contribution in [3.05, 3.63) is 77.7 Å². The molecular weight excluding hydrogens is 391 g/mol. The Morgan fingerprint density at radius 3 is 2.52 bits per heavy atom. The van der Waals surface area contributed by atoms with Crippen molar-refractivity contribution in [2.24, 2.45) is 0 Å². The summed E-state index contributed by atoms with van der Waals surface area (Å²) in [5.74, 6) is -0.172. The molecule has 0 saturated carbocycles. The average Bonchev–Trinajstić information content (AvgIpc) is 3.64. The van der Waals surface area contributed by atoms with Crippen molar-refractivity contribution in [1.29, 1.82) is 0 Å². The molecule has 2 saturated heterocycles. The van der Waals surface area contributed by atoms with E-state index in [0.29, 0.717) is 13.1 Å². The molecule has 2 aliphatic heterocycles. The number of carbonyl (C=O) groups excluding carboxylic acids is 1. The van der Waals surface area contributed by atoms with Gasteiger partial charge in [0.2, 0.25) is 5.91 Å². The van der Waals surface area contributed by atoms with E-state index in [9.17, 15) is 9.18 Å². The van der Waals surface area contributed by atoms with Crippen LogP contribution >= 0.6 is 0 Å². The van der Waals surface area contributed by atoms with Crippen LogP contribution in [0.25, 0.3) is 17.0 Å². The molecule has 1 amide bonds. The van der Waals surface area contributed by atoms with E-state index in [-0.39, 0.29) is 11.7 Å². The number of piperazine rings is 1. The SMILES string of the molecule is O=C(/C=C/c1cc2ncccc2cc1N1CC1)N1CCN(Cc2ccc(F)cc2)CC1. The van der Waals surface area contributed by atoms with E-state index in [0.717, 1.165) is 60.4 Å². The number of nitrogens with zero attached hydrogens (tertiary/aromatic N) is 4. The molecule has 158 valence electrons. The van der Waals surface area contributed by atoms with Gasteiger partial charge in [0.1, 0.15) is 5.82 Å². The van der Waals surface area contributed by atoms with Gasteiger partial charge in [0, 0.05) is 74.7 Å². The van der Waals surface area contributed by atoms with Gasteiger partial charge in [0.25, 0.3) is 0 Å². The molecule has 3 heterocycles. The minimum atomic E-state index is -0.213. The smallest absolute Gasteiger partial charge is 0.246 e. The van der Waals surface area contributed by atoms with Gasteiger partial charge >= 0.3 is 0 Å². The highest BCUT2D eigenvalue weighted by molar-refractivity contribution is 5.95. The summed E-state index contributed by atoms with van der Waals surface area (Å²) in [4.78, 5) is 23.7. The number of hydrogen-bond acceptors (Lipinski definition) is 4. The van der Waals surface area contributed by atoms with Gasteiger partial charge in [-0.05, 0) is 42.0 Å². The molecule has 2 fully saturated rings. The average molecular weight is 417 g/mol. The summed E-state index contributed by atoms with van der Waals surface area (Å²) in [7, 11) is 0. The Bertz CT molecular complexity index is 1120. The van der Waals surface area contributed by atoms with Crippen molar-refractivity contribution in [1.82, 2.24) is 14.8 Å². The Kier molecular flexibility index (Phi) is 5.38. The van der Waals surface area contributed by atoms with Crippen LogP contribution in [0.1, 0.15) is 11.1 Å². The van der Waals surface area contributed by atoms with Crippen LogP contribution in [0, 0.1) is 5.82 Å². The maximum atomic E-state index is 13.1. The number of rotatable bonds is 5.